The van der Waals surface area contributed by atoms with Crippen molar-refractivity contribution in [1.82, 2.24) is 10.0 Å². The van der Waals surface area contributed by atoms with E-state index in [4.69, 9.17) is 24.4 Å². The largest absolute Gasteiger partial charge is 1.00 e. The summed E-state index contributed by atoms with van der Waals surface area (Å²) in [6.45, 7) is 0. The molecule has 10 heteroatoms. The Bertz CT molecular complexity index is 464. The van der Waals surface area contributed by atoms with Crippen molar-refractivity contribution in [2.45, 2.75) is 32.1 Å². The third-order valence-electron chi connectivity index (χ3n) is 3.32. The quantitative estimate of drug-likeness (QED) is 0.152. The Balaban J connectivity index is 0.00000242. The molecule has 0 N–H and O–H groups in total. The first-order chi connectivity index (χ1) is 9.88. The van der Waals surface area contributed by atoms with E-state index in [1.807, 2.05) is 0 Å². The fourth-order valence-corrected chi connectivity index (χ4v) is 2.38. The van der Waals surface area contributed by atoms with E-state index in [1.165, 1.54) is 10.0 Å². The summed E-state index contributed by atoms with van der Waals surface area (Å²) in [5, 5.41) is 33.8. The van der Waals surface area contributed by atoms with Crippen molar-refractivity contribution in [2.24, 2.45) is 22.0 Å². The molecule has 0 saturated heterocycles. The molecule has 116 valence electrons. The maximum atomic E-state index is 11.7. The Morgan fingerprint density at radius 1 is 0.870 bits per heavy atom. The standard InChI is InChI=1S/C13H20N4O2S2.2Na/c1-16(12(20)8-3-4-8)14-10(18)7-11(19)15-17(2)13(21)9-5-6-9;;/h8-9H,3-7H2,1-2H3,(H,14,18)(H,15,19);;/q;2*+1/p-2. The summed E-state index contributed by atoms with van der Waals surface area (Å²) >= 11 is 10.4. The van der Waals surface area contributed by atoms with Crippen molar-refractivity contribution in [3.05, 3.63) is 0 Å². The molecular formula is C13H18N4Na2O2S2. The molecule has 0 heterocycles. The molecule has 0 aromatic heterocycles. The molecule has 0 atom stereocenters. The average Bonchev–Trinajstić information content (AvgIpc) is 3.29. The third kappa shape index (κ3) is 8.09. The molecule has 2 rings (SSSR count). The van der Waals surface area contributed by atoms with Gasteiger partial charge < -0.3 is 10.2 Å². The van der Waals surface area contributed by atoms with Crippen LogP contribution in [0.5, 0.6) is 0 Å². The monoisotopic (exact) mass is 372 g/mol. The molecular weight excluding hydrogens is 354 g/mol. The number of thiocarbonyl (C=S) groups is 2. The van der Waals surface area contributed by atoms with Gasteiger partial charge in [-0.2, -0.15) is 10.2 Å². The van der Waals surface area contributed by atoms with Gasteiger partial charge in [0.05, 0.1) is 0 Å². The Morgan fingerprint density at radius 3 is 1.43 bits per heavy atom. The maximum Gasteiger partial charge on any atom is 1.00 e. The Morgan fingerprint density at radius 2 is 1.17 bits per heavy atom. The molecule has 0 bridgehead atoms. The van der Waals surface area contributed by atoms with E-state index in [1.54, 1.807) is 14.1 Å². The van der Waals surface area contributed by atoms with Gasteiger partial charge in [-0.3, -0.25) is 10.0 Å². The van der Waals surface area contributed by atoms with Crippen LogP contribution in [0, 0.1) is 11.8 Å². The van der Waals surface area contributed by atoms with Gasteiger partial charge in [0.1, 0.15) is 9.98 Å². The number of nitrogens with zero attached hydrogens (tertiary/aromatic N) is 4. The second-order valence-electron chi connectivity index (χ2n) is 5.44. The average molecular weight is 372 g/mol. The first kappa shape index (κ1) is 23.7. The van der Waals surface area contributed by atoms with Crippen molar-refractivity contribution in [3.63, 3.8) is 0 Å². The van der Waals surface area contributed by atoms with Crippen LogP contribution in [0.4, 0.5) is 0 Å². The third-order valence-corrected chi connectivity index (χ3v) is 4.51. The number of rotatable bonds is 6. The topological polar surface area (TPSA) is 77.3 Å². The van der Waals surface area contributed by atoms with Crippen LogP contribution in [0.25, 0.3) is 0 Å². The summed E-state index contributed by atoms with van der Waals surface area (Å²) in [5.74, 6) is -0.382. The van der Waals surface area contributed by atoms with Crippen LogP contribution in [0.2, 0.25) is 0 Å². The Hall–Kier alpha value is 0.720. The molecule has 0 unspecified atom stereocenters. The van der Waals surface area contributed by atoms with E-state index in [-0.39, 0.29) is 65.5 Å². The van der Waals surface area contributed by atoms with Crippen molar-refractivity contribution >= 4 is 46.2 Å². The van der Waals surface area contributed by atoms with E-state index in [9.17, 15) is 10.2 Å². The molecule has 6 nitrogen and oxygen atoms in total. The van der Waals surface area contributed by atoms with Gasteiger partial charge in [0.25, 0.3) is 0 Å². The van der Waals surface area contributed by atoms with E-state index >= 15 is 0 Å². The molecule has 2 saturated carbocycles. The predicted molar refractivity (Wildman–Crippen MR) is 85.7 cm³/mol. The number of hydrazone groups is 2. The summed E-state index contributed by atoms with van der Waals surface area (Å²) in [6.07, 6.45) is 3.82. The molecule has 0 radical (unpaired) electrons. The summed E-state index contributed by atoms with van der Waals surface area (Å²) < 4.78 is 0. The van der Waals surface area contributed by atoms with Crippen molar-refractivity contribution in [3.8, 4) is 0 Å². The smallest absolute Gasteiger partial charge is 0.860 e. The minimum atomic E-state index is -0.542. The van der Waals surface area contributed by atoms with Crippen LogP contribution in [-0.2, 0) is 0 Å². The van der Waals surface area contributed by atoms with Crippen molar-refractivity contribution < 1.29 is 69.3 Å². The van der Waals surface area contributed by atoms with Crippen LogP contribution in [-0.4, -0.2) is 45.9 Å². The van der Waals surface area contributed by atoms with Crippen LogP contribution >= 0.6 is 24.4 Å². The van der Waals surface area contributed by atoms with E-state index in [2.05, 4.69) is 10.2 Å². The van der Waals surface area contributed by atoms with Crippen LogP contribution in [0.1, 0.15) is 32.1 Å². The Kier molecular flexibility index (Phi) is 11.0. The molecule has 23 heavy (non-hydrogen) atoms. The zero-order valence-electron chi connectivity index (χ0n) is 14.1. The summed E-state index contributed by atoms with van der Waals surface area (Å²) in [4.78, 5) is 1.31. The van der Waals surface area contributed by atoms with Gasteiger partial charge in [0.2, 0.25) is 0 Å². The minimum Gasteiger partial charge on any atom is -0.860 e. The van der Waals surface area contributed by atoms with E-state index < -0.39 is 11.8 Å². The van der Waals surface area contributed by atoms with Crippen molar-refractivity contribution in [1.29, 1.82) is 0 Å². The molecule has 2 aliphatic rings. The zero-order chi connectivity index (χ0) is 15.6. The fourth-order valence-electron chi connectivity index (χ4n) is 1.82. The van der Waals surface area contributed by atoms with Gasteiger partial charge in [0.15, 0.2) is 0 Å². The van der Waals surface area contributed by atoms with Gasteiger partial charge in [-0.1, -0.05) is 24.4 Å². The normalized spacial score (nSPS) is 17.7. The Labute approximate surface area is 191 Å². The second-order valence-corrected chi connectivity index (χ2v) is 6.27. The van der Waals surface area contributed by atoms with Gasteiger partial charge in [0, 0.05) is 32.4 Å². The molecule has 0 aromatic carbocycles. The van der Waals surface area contributed by atoms with E-state index in [0.717, 1.165) is 25.7 Å². The maximum absolute atomic E-state index is 11.7. The van der Waals surface area contributed by atoms with E-state index in [0.29, 0.717) is 21.8 Å². The summed E-state index contributed by atoms with van der Waals surface area (Å²) in [6, 6.07) is 0. The summed E-state index contributed by atoms with van der Waals surface area (Å²) in [7, 11) is 3.27. The van der Waals surface area contributed by atoms with Crippen LogP contribution < -0.4 is 69.3 Å². The fraction of sp³-hybridized carbons (Fsp3) is 0.692. The second kappa shape index (κ2) is 10.7. The predicted octanol–water partition coefficient (Wildman–Crippen LogP) is -5.93. The molecule has 0 amide bonds. The van der Waals surface area contributed by atoms with Crippen molar-refractivity contribution in [2.75, 3.05) is 14.1 Å². The number of hydrogen-bond donors (Lipinski definition) is 0. The molecule has 0 spiro atoms. The first-order valence-corrected chi connectivity index (χ1v) is 7.74. The molecule has 0 aromatic rings. The van der Waals surface area contributed by atoms with Crippen LogP contribution in [0.3, 0.4) is 0 Å². The van der Waals surface area contributed by atoms with Gasteiger partial charge in [-0.25, -0.2) is 0 Å². The van der Waals surface area contributed by atoms with Gasteiger partial charge in [-0.15, -0.1) is 0 Å². The first-order valence-electron chi connectivity index (χ1n) is 6.92. The van der Waals surface area contributed by atoms with Gasteiger partial charge in [-0.05, 0) is 37.5 Å². The number of hydrogen-bond acceptors (Lipinski definition) is 6. The van der Waals surface area contributed by atoms with Crippen LogP contribution in [0.15, 0.2) is 10.2 Å². The minimum absolute atomic E-state index is 0. The molecule has 2 aliphatic carbocycles. The zero-order valence-corrected chi connectivity index (χ0v) is 19.7. The molecule has 2 fully saturated rings. The van der Waals surface area contributed by atoms with Gasteiger partial charge >= 0.3 is 59.1 Å². The molecule has 0 aliphatic heterocycles. The summed E-state index contributed by atoms with van der Waals surface area (Å²) in [5.41, 5.74) is 0. The SMILES string of the molecule is CN(/N=C(\[O-])C/C([O-])=N/N(C)C(=S)C1CC1)C(=S)C1CC1.[Na+].[Na+].